The molecule has 0 aliphatic heterocycles. The fourth-order valence-electron chi connectivity index (χ4n) is 2.84. The first-order valence-corrected chi connectivity index (χ1v) is 7.30. The van der Waals surface area contributed by atoms with E-state index in [1.807, 2.05) is 6.07 Å². The molecular weight excluding hydrogens is 241 g/mol. The van der Waals surface area contributed by atoms with E-state index in [1.165, 1.54) is 51.7 Å². The molecule has 0 spiro atoms. The number of hydrogen-bond donors (Lipinski definition) is 1. The lowest BCUT2D eigenvalue weighted by atomic mass is 10.0. The van der Waals surface area contributed by atoms with Crippen LogP contribution in [0, 0.1) is 5.82 Å². The highest BCUT2D eigenvalue weighted by molar-refractivity contribution is 5.31. The normalized spacial score (nSPS) is 18.9. The van der Waals surface area contributed by atoms with Gasteiger partial charge in [0, 0.05) is 12.1 Å². The first-order chi connectivity index (χ1) is 9.20. The van der Waals surface area contributed by atoms with Gasteiger partial charge in [0.1, 0.15) is 0 Å². The molecular formula is C16H24FNO. The van der Waals surface area contributed by atoms with E-state index in [0.717, 1.165) is 5.56 Å². The van der Waals surface area contributed by atoms with Gasteiger partial charge < -0.3 is 10.1 Å². The topological polar surface area (TPSA) is 21.3 Å². The predicted molar refractivity (Wildman–Crippen MR) is 76.0 cm³/mol. The summed E-state index contributed by atoms with van der Waals surface area (Å²) in [6.45, 7) is 2.14. The molecule has 106 valence electrons. The van der Waals surface area contributed by atoms with E-state index in [4.69, 9.17) is 4.74 Å². The van der Waals surface area contributed by atoms with Crippen LogP contribution >= 0.6 is 0 Å². The van der Waals surface area contributed by atoms with E-state index in [1.54, 1.807) is 6.07 Å². The average Bonchev–Trinajstić information content (AvgIpc) is 2.68. The summed E-state index contributed by atoms with van der Waals surface area (Å²) in [5.41, 5.74) is 1.09. The number of nitrogens with one attached hydrogen (secondary N) is 1. The zero-order chi connectivity index (χ0) is 13.7. The number of hydrogen-bond acceptors (Lipinski definition) is 2. The molecule has 1 aliphatic carbocycles. The minimum atomic E-state index is -0.298. The molecule has 0 heterocycles. The van der Waals surface area contributed by atoms with E-state index in [2.05, 4.69) is 12.2 Å². The van der Waals surface area contributed by atoms with Crippen LogP contribution in [0.15, 0.2) is 18.2 Å². The lowest BCUT2D eigenvalue weighted by Gasteiger charge is -2.22. The molecule has 1 saturated carbocycles. The Morgan fingerprint density at radius 1 is 1.21 bits per heavy atom. The summed E-state index contributed by atoms with van der Waals surface area (Å²) in [7, 11) is 1.51. The number of halogens is 1. The summed E-state index contributed by atoms with van der Waals surface area (Å²) >= 11 is 0. The van der Waals surface area contributed by atoms with Crippen LogP contribution in [0.2, 0.25) is 0 Å². The molecule has 0 radical (unpaired) electrons. The van der Waals surface area contributed by atoms with Crippen molar-refractivity contribution in [2.75, 3.05) is 7.11 Å². The Kier molecular flexibility index (Phi) is 5.20. The van der Waals surface area contributed by atoms with Crippen LogP contribution in [0.3, 0.4) is 0 Å². The Hall–Kier alpha value is -1.09. The lowest BCUT2D eigenvalue weighted by molar-refractivity contribution is 0.382. The van der Waals surface area contributed by atoms with Crippen LogP contribution in [0.1, 0.15) is 57.1 Å². The first-order valence-electron chi connectivity index (χ1n) is 7.30. The second-order valence-electron chi connectivity index (χ2n) is 5.47. The quantitative estimate of drug-likeness (QED) is 0.823. The smallest absolute Gasteiger partial charge is 0.165 e. The second-order valence-corrected chi connectivity index (χ2v) is 5.47. The maximum Gasteiger partial charge on any atom is 0.165 e. The van der Waals surface area contributed by atoms with Crippen molar-refractivity contribution in [3.8, 4) is 5.75 Å². The standard InChI is InChI=1S/C16H24FNO/c1-12(18-14-7-5-3-4-6-8-14)13-9-10-15(17)16(11-13)19-2/h9-12,14,18H,3-8H2,1-2H3. The van der Waals surface area contributed by atoms with Crippen molar-refractivity contribution >= 4 is 0 Å². The minimum absolute atomic E-state index is 0.234. The predicted octanol–water partition coefficient (Wildman–Crippen LogP) is 4.21. The van der Waals surface area contributed by atoms with Crippen LogP contribution in [0.4, 0.5) is 4.39 Å². The highest BCUT2D eigenvalue weighted by Gasteiger charge is 2.16. The van der Waals surface area contributed by atoms with E-state index in [9.17, 15) is 4.39 Å². The molecule has 2 rings (SSSR count). The highest BCUT2D eigenvalue weighted by atomic mass is 19.1. The fraction of sp³-hybridized carbons (Fsp3) is 0.625. The van der Waals surface area contributed by atoms with Gasteiger partial charge in [-0.2, -0.15) is 0 Å². The Morgan fingerprint density at radius 3 is 2.53 bits per heavy atom. The molecule has 1 N–H and O–H groups in total. The van der Waals surface area contributed by atoms with Crippen molar-refractivity contribution in [1.29, 1.82) is 0 Å². The Bertz CT molecular complexity index is 400. The zero-order valence-electron chi connectivity index (χ0n) is 11.9. The molecule has 1 aliphatic rings. The maximum absolute atomic E-state index is 13.4. The molecule has 1 aromatic rings. The summed E-state index contributed by atoms with van der Waals surface area (Å²) in [6, 6.07) is 5.95. The molecule has 1 aromatic carbocycles. The Morgan fingerprint density at radius 2 is 1.89 bits per heavy atom. The zero-order valence-corrected chi connectivity index (χ0v) is 11.9. The van der Waals surface area contributed by atoms with E-state index in [0.29, 0.717) is 11.8 Å². The van der Waals surface area contributed by atoms with Gasteiger partial charge in [0.2, 0.25) is 0 Å². The Labute approximate surface area is 115 Å². The monoisotopic (exact) mass is 265 g/mol. The minimum Gasteiger partial charge on any atom is -0.494 e. The third kappa shape index (κ3) is 3.93. The van der Waals surface area contributed by atoms with Crippen molar-refractivity contribution in [1.82, 2.24) is 5.32 Å². The fourth-order valence-corrected chi connectivity index (χ4v) is 2.84. The van der Waals surface area contributed by atoms with Gasteiger partial charge in [-0.1, -0.05) is 31.7 Å². The number of rotatable bonds is 4. The molecule has 1 atom stereocenters. The van der Waals surface area contributed by atoms with Gasteiger partial charge in [-0.3, -0.25) is 0 Å². The lowest BCUT2D eigenvalue weighted by Crippen LogP contribution is -2.31. The third-order valence-corrected chi connectivity index (χ3v) is 4.02. The molecule has 1 unspecified atom stereocenters. The van der Waals surface area contributed by atoms with Crippen molar-refractivity contribution in [2.45, 2.75) is 57.5 Å². The van der Waals surface area contributed by atoms with Gasteiger partial charge in [-0.05, 0) is 37.5 Å². The molecule has 0 amide bonds. The summed E-state index contributed by atoms with van der Waals surface area (Å²) in [4.78, 5) is 0. The number of ether oxygens (including phenoxy) is 1. The van der Waals surface area contributed by atoms with Crippen LogP contribution in [-0.4, -0.2) is 13.2 Å². The SMILES string of the molecule is COc1cc(C(C)NC2CCCCCC2)ccc1F. The Balaban J connectivity index is 2.00. The van der Waals surface area contributed by atoms with Gasteiger partial charge in [0.05, 0.1) is 7.11 Å². The second kappa shape index (κ2) is 6.90. The van der Waals surface area contributed by atoms with Gasteiger partial charge >= 0.3 is 0 Å². The van der Waals surface area contributed by atoms with Crippen molar-refractivity contribution in [2.24, 2.45) is 0 Å². The van der Waals surface area contributed by atoms with Crippen molar-refractivity contribution in [3.63, 3.8) is 0 Å². The molecule has 0 bridgehead atoms. The molecule has 3 heteroatoms. The van der Waals surface area contributed by atoms with E-state index < -0.39 is 0 Å². The summed E-state index contributed by atoms with van der Waals surface area (Å²) < 4.78 is 18.4. The van der Waals surface area contributed by atoms with Gasteiger partial charge in [-0.15, -0.1) is 0 Å². The summed E-state index contributed by atoms with van der Waals surface area (Å²) in [6.07, 6.45) is 7.85. The van der Waals surface area contributed by atoms with Crippen molar-refractivity contribution < 1.29 is 9.13 Å². The van der Waals surface area contributed by atoms with E-state index in [-0.39, 0.29) is 11.9 Å². The molecule has 1 fully saturated rings. The highest BCUT2D eigenvalue weighted by Crippen LogP contribution is 2.25. The molecule has 19 heavy (non-hydrogen) atoms. The van der Waals surface area contributed by atoms with Crippen LogP contribution in [0.25, 0.3) is 0 Å². The van der Waals surface area contributed by atoms with Crippen molar-refractivity contribution in [3.05, 3.63) is 29.6 Å². The summed E-state index contributed by atoms with van der Waals surface area (Å²) in [5.74, 6) is 0.0277. The van der Waals surface area contributed by atoms with Gasteiger partial charge in [0.25, 0.3) is 0 Å². The average molecular weight is 265 g/mol. The third-order valence-electron chi connectivity index (χ3n) is 4.02. The molecule has 0 aromatic heterocycles. The maximum atomic E-state index is 13.4. The number of methoxy groups -OCH3 is 1. The van der Waals surface area contributed by atoms with Crippen LogP contribution < -0.4 is 10.1 Å². The summed E-state index contributed by atoms with van der Waals surface area (Å²) in [5, 5.41) is 3.67. The largest absolute Gasteiger partial charge is 0.494 e. The van der Waals surface area contributed by atoms with E-state index >= 15 is 0 Å². The van der Waals surface area contributed by atoms with Crippen LogP contribution in [-0.2, 0) is 0 Å². The number of benzene rings is 1. The molecule has 0 saturated heterocycles. The van der Waals surface area contributed by atoms with Gasteiger partial charge in [-0.25, -0.2) is 4.39 Å². The first kappa shape index (κ1) is 14.3. The molecule has 2 nitrogen and oxygen atoms in total. The van der Waals surface area contributed by atoms with Crippen LogP contribution in [0.5, 0.6) is 5.75 Å². The van der Waals surface area contributed by atoms with Gasteiger partial charge in [0.15, 0.2) is 11.6 Å².